The summed E-state index contributed by atoms with van der Waals surface area (Å²) in [4.78, 5) is 30.7. The van der Waals surface area contributed by atoms with Crippen LogP contribution in [0.1, 0.15) is 67.6 Å². The Morgan fingerprint density at radius 3 is 2.71 bits per heavy atom. The van der Waals surface area contributed by atoms with E-state index in [1.54, 1.807) is 12.3 Å². The van der Waals surface area contributed by atoms with Crippen LogP contribution in [0.3, 0.4) is 0 Å². The van der Waals surface area contributed by atoms with E-state index >= 15 is 0 Å². The Kier molecular flexibility index (Phi) is 6.07. The van der Waals surface area contributed by atoms with Crippen LogP contribution in [-0.4, -0.2) is 52.5 Å². The first-order chi connectivity index (χ1) is 14.8. The van der Waals surface area contributed by atoms with E-state index in [1.165, 1.54) is 0 Å². The summed E-state index contributed by atoms with van der Waals surface area (Å²) >= 11 is 0. The lowest BCUT2D eigenvalue weighted by Gasteiger charge is -2.33. The third kappa shape index (κ3) is 4.48. The zero-order chi connectivity index (χ0) is 22.1. The van der Waals surface area contributed by atoms with Crippen molar-refractivity contribution in [3.63, 3.8) is 0 Å². The maximum atomic E-state index is 12.5. The van der Waals surface area contributed by atoms with Gasteiger partial charge in [0.2, 0.25) is 0 Å². The molecule has 0 aliphatic carbocycles. The van der Waals surface area contributed by atoms with Gasteiger partial charge >= 0.3 is 5.97 Å². The molecule has 3 heterocycles. The predicted octanol–water partition coefficient (Wildman–Crippen LogP) is 2.61. The molecule has 1 saturated heterocycles. The van der Waals surface area contributed by atoms with Crippen LogP contribution in [-0.2, 0) is 11.3 Å². The van der Waals surface area contributed by atoms with Gasteiger partial charge in [-0.1, -0.05) is 6.07 Å². The number of fused-ring (bicyclic) bond motifs is 1. The van der Waals surface area contributed by atoms with E-state index in [9.17, 15) is 14.7 Å². The number of likely N-dealkylation sites (tertiary alicyclic amines) is 1. The van der Waals surface area contributed by atoms with E-state index in [2.05, 4.69) is 15.2 Å². The molecule has 2 aliphatic heterocycles. The number of aliphatic hydroxyl groups excluding tert-OH is 1. The maximum Gasteiger partial charge on any atom is 0.338 e. The van der Waals surface area contributed by atoms with Crippen molar-refractivity contribution in [1.82, 2.24) is 15.2 Å². The van der Waals surface area contributed by atoms with Gasteiger partial charge in [0.05, 0.1) is 11.7 Å². The van der Waals surface area contributed by atoms with E-state index in [-0.39, 0.29) is 24.5 Å². The smallest absolute Gasteiger partial charge is 0.338 e. The number of aliphatic hydroxyl groups is 1. The first-order valence-electron chi connectivity index (χ1n) is 10.8. The molecule has 7 heteroatoms. The quantitative estimate of drug-likeness (QED) is 0.719. The molecule has 31 heavy (non-hydrogen) atoms. The minimum Gasteiger partial charge on any atom is -0.457 e. The largest absolute Gasteiger partial charge is 0.457 e. The van der Waals surface area contributed by atoms with Crippen LogP contribution in [0.2, 0.25) is 0 Å². The molecule has 0 spiro atoms. The molecular formula is C24H29N3O4. The van der Waals surface area contributed by atoms with Gasteiger partial charge in [0, 0.05) is 37.4 Å². The summed E-state index contributed by atoms with van der Waals surface area (Å²) in [5, 5.41) is 13.9. The van der Waals surface area contributed by atoms with Gasteiger partial charge in [-0.15, -0.1) is 0 Å². The highest BCUT2D eigenvalue weighted by atomic mass is 16.5. The molecule has 0 radical (unpaired) electrons. The number of aryl methyl sites for hydroxylation is 2. The van der Waals surface area contributed by atoms with Crippen molar-refractivity contribution in [1.29, 1.82) is 0 Å². The Morgan fingerprint density at radius 1 is 1.26 bits per heavy atom. The summed E-state index contributed by atoms with van der Waals surface area (Å²) in [5.41, 5.74) is 5.83. The van der Waals surface area contributed by atoms with Crippen LogP contribution in [0, 0.1) is 20.8 Å². The minimum absolute atomic E-state index is 0.106. The number of piperidine rings is 1. The van der Waals surface area contributed by atoms with Crippen LogP contribution in [0.25, 0.3) is 0 Å². The van der Waals surface area contributed by atoms with Gasteiger partial charge in [-0.25, -0.2) is 4.79 Å². The van der Waals surface area contributed by atoms with Crippen molar-refractivity contribution in [3.8, 4) is 0 Å². The number of esters is 1. The molecule has 1 amide bonds. The van der Waals surface area contributed by atoms with Crippen LogP contribution in [0.15, 0.2) is 24.4 Å². The third-order valence-corrected chi connectivity index (χ3v) is 6.53. The molecule has 1 aromatic carbocycles. The number of hydrogen-bond acceptors (Lipinski definition) is 6. The molecule has 4 rings (SSSR count). The van der Waals surface area contributed by atoms with E-state index in [1.807, 2.05) is 32.9 Å². The number of nitrogens with one attached hydrogen (secondary N) is 1. The number of benzene rings is 1. The molecule has 0 saturated carbocycles. The number of pyridine rings is 1. The SMILES string of the molecule is Cc1cnc(C(=O)NC2CCN(C[C@H](O)c3ccc4c(c3C)COC4=O)CC2)cc1C. The fourth-order valence-corrected chi connectivity index (χ4v) is 4.34. The molecule has 0 unspecified atom stereocenters. The number of hydrogen-bond donors (Lipinski definition) is 2. The lowest BCUT2D eigenvalue weighted by atomic mass is 9.94. The number of amides is 1. The van der Waals surface area contributed by atoms with Gasteiger partial charge in [0.1, 0.15) is 12.3 Å². The molecule has 2 aliphatic rings. The number of cyclic esters (lactones) is 1. The third-order valence-electron chi connectivity index (χ3n) is 6.53. The summed E-state index contributed by atoms with van der Waals surface area (Å²) < 4.78 is 5.11. The maximum absolute atomic E-state index is 12.5. The first-order valence-corrected chi connectivity index (χ1v) is 10.8. The molecule has 164 valence electrons. The lowest BCUT2D eigenvalue weighted by Crippen LogP contribution is -2.45. The summed E-state index contributed by atoms with van der Waals surface area (Å²) in [6, 6.07) is 5.51. The van der Waals surface area contributed by atoms with Gasteiger partial charge in [-0.2, -0.15) is 0 Å². The Bertz CT molecular complexity index is 1010. The van der Waals surface area contributed by atoms with Crippen molar-refractivity contribution in [2.24, 2.45) is 0 Å². The second kappa shape index (κ2) is 8.77. The highest BCUT2D eigenvalue weighted by Crippen LogP contribution is 2.29. The fraction of sp³-hybridized carbons (Fsp3) is 0.458. The topological polar surface area (TPSA) is 91.8 Å². The van der Waals surface area contributed by atoms with Crippen LogP contribution >= 0.6 is 0 Å². The molecule has 7 nitrogen and oxygen atoms in total. The lowest BCUT2D eigenvalue weighted by molar-refractivity contribution is 0.0534. The highest BCUT2D eigenvalue weighted by Gasteiger charge is 2.27. The first kappa shape index (κ1) is 21.5. The molecular weight excluding hydrogens is 394 g/mol. The van der Waals surface area contributed by atoms with E-state index in [0.29, 0.717) is 17.8 Å². The molecule has 1 aromatic heterocycles. The number of nitrogens with zero attached hydrogens (tertiary/aromatic N) is 2. The van der Waals surface area contributed by atoms with Gasteiger partial charge in [0.25, 0.3) is 5.91 Å². The minimum atomic E-state index is -0.633. The Balaban J connectivity index is 1.31. The van der Waals surface area contributed by atoms with Crippen LogP contribution in [0.5, 0.6) is 0 Å². The standard InChI is InChI=1S/C24H29N3O4/c1-14-10-21(25-11-15(14)2)23(29)26-17-6-8-27(9-7-17)12-22(28)18-4-5-19-20(16(18)3)13-31-24(19)30/h4-5,10-11,17,22,28H,6-9,12-13H2,1-3H3,(H,26,29)/t22-/m0/s1. The predicted molar refractivity (Wildman–Crippen MR) is 116 cm³/mol. The van der Waals surface area contributed by atoms with Crippen LogP contribution in [0.4, 0.5) is 0 Å². The second-order valence-electron chi connectivity index (χ2n) is 8.60. The number of aromatic nitrogens is 1. The number of carbonyl (C=O) groups is 2. The van der Waals surface area contributed by atoms with E-state index in [0.717, 1.165) is 53.7 Å². The molecule has 2 N–H and O–H groups in total. The Morgan fingerprint density at radius 2 is 2.00 bits per heavy atom. The number of ether oxygens (including phenoxy) is 1. The number of rotatable bonds is 5. The van der Waals surface area contributed by atoms with Gasteiger partial charge in [-0.3, -0.25) is 9.78 Å². The normalized spacial score (nSPS) is 17.9. The monoisotopic (exact) mass is 423 g/mol. The average molecular weight is 424 g/mol. The highest BCUT2D eigenvalue weighted by molar-refractivity contribution is 5.94. The summed E-state index contributed by atoms with van der Waals surface area (Å²) in [5.74, 6) is -0.425. The van der Waals surface area contributed by atoms with Gasteiger partial charge in [-0.05, 0) is 68.0 Å². The number of carbonyl (C=O) groups excluding carboxylic acids is 2. The number of β-amino-alcohol motifs (C(OH)–C–C–N with tert-alkyl or cyclic N) is 1. The average Bonchev–Trinajstić information content (AvgIpc) is 3.13. The summed E-state index contributed by atoms with van der Waals surface area (Å²) in [7, 11) is 0. The van der Waals surface area contributed by atoms with E-state index < -0.39 is 6.10 Å². The van der Waals surface area contributed by atoms with Crippen molar-refractivity contribution >= 4 is 11.9 Å². The zero-order valence-corrected chi connectivity index (χ0v) is 18.3. The zero-order valence-electron chi connectivity index (χ0n) is 18.3. The van der Waals surface area contributed by atoms with Crippen molar-refractivity contribution in [2.45, 2.75) is 52.4 Å². The van der Waals surface area contributed by atoms with Gasteiger partial charge < -0.3 is 20.1 Å². The van der Waals surface area contributed by atoms with Gasteiger partial charge in [0.15, 0.2) is 0 Å². The Labute approximate surface area is 182 Å². The van der Waals surface area contributed by atoms with E-state index in [4.69, 9.17) is 4.74 Å². The second-order valence-corrected chi connectivity index (χ2v) is 8.60. The van der Waals surface area contributed by atoms with Crippen molar-refractivity contribution in [2.75, 3.05) is 19.6 Å². The fourth-order valence-electron chi connectivity index (χ4n) is 4.34. The summed E-state index contributed by atoms with van der Waals surface area (Å²) in [6.07, 6.45) is 2.76. The summed E-state index contributed by atoms with van der Waals surface area (Å²) in [6.45, 7) is 8.29. The molecule has 0 bridgehead atoms. The Hall–Kier alpha value is -2.77. The van der Waals surface area contributed by atoms with Crippen molar-refractivity contribution in [3.05, 3.63) is 63.5 Å². The molecule has 2 aromatic rings. The molecule has 1 atom stereocenters. The van der Waals surface area contributed by atoms with Crippen LogP contribution < -0.4 is 5.32 Å². The van der Waals surface area contributed by atoms with Crippen molar-refractivity contribution < 1.29 is 19.4 Å². The molecule has 1 fully saturated rings.